The summed E-state index contributed by atoms with van der Waals surface area (Å²) in [4.78, 5) is 23.7. The van der Waals surface area contributed by atoms with Crippen LogP contribution in [-0.2, 0) is 19.6 Å². The van der Waals surface area contributed by atoms with Gasteiger partial charge in [-0.1, -0.05) is 30.8 Å². The van der Waals surface area contributed by atoms with Crippen LogP contribution in [-0.4, -0.2) is 77.5 Å². The number of thioether (sulfide) groups is 1. The van der Waals surface area contributed by atoms with E-state index in [1.165, 1.54) is 35.3 Å². The molecule has 0 radical (unpaired) electrons. The van der Waals surface area contributed by atoms with Crippen LogP contribution >= 0.6 is 11.8 Å². The zero-order chi connectivity index (χ0) is 29.7. The topological polar surface area (TPSA) is 159 Å². The van der Waals surface area contributed by atoms with E-state index in [-0.39, 0.29) is 34.0 Å². The third-order valence-corrected chi connectivity index (χ3v) is 9.56. The number of sulfonamides is 1. The minimum absolute atomic E-state index is 0.00123. The van der Waals surface area contributed by atoms with Gasteiger partial charge in [-0.3, -0.25) is 19.5 Å². The third-order valence-electron chi connectivity index (χ3n) is 6.73. The van der Waals surface area contributed by atoms with Crippen molar-refractivity contribution in [2.24, 2.45) is 0 Å². The van der Waals surface area contributed by atoms with Crippen LogP contribution in [0.15, 0.2) is 46.5 Å². The molecule has 1 aromatic heterocycles. The van der Waals surface area contributed by atoms with Crippen LogP contribution in [0.5, 0.6) is 5.75 Å². The summed E-state index contributed by atoms with van der Waals surface area (Å²) in [6.07, 6.45) is 0.748. The number of nitro benzene ring substituents is 1. The van der Waals surface area contributed by atoms with E-state index in [2.05, 4.69) is 15.5 Å². The second kappa shape index (κ2) is 13.0. The Morgan fingerprint density at radius 1 is 1.24 bits per heavy atom. The van der Waals surface area contributed by atoms with E-state index in [1.54, 1.807) is 31.2 Å². The Hall–Kier alpha value is -3.53. The van der Waals surface area contributed by atoms with Gasteiger partial charge >= 0.3 is 5.69 Å². The molecule has 1 fully saturated rings. The van der Waals surface area contributed by atoms with Crippen molar-refractivity contribution < 1.29 is 27.6 Å². The first-order chi connectivity index (χ1) is 19.6. The summed E-state index contributed by atoms with van der Waals surface area (Å²) in [6, 6.07) is 9.36. The number of ether oxygens (including phenoxy) is 2. The number of aryl methyl sites for hydroxylation is 1. The summed E-state index contributed by atoms with van der Waals surface area (Å²) in [5.41, 5.74) is 1.33. The molecule has 1 saturated heterocycles. The molecule has 1 N–H and O–H groups in total. The standard InChI is InChI=1S/C26H32N6O7S2/c1-5-18(3)31-25(19-7-6-8-20(14-19)41(36,37)30-9-11-39-12-10-30)28-29-26(31)40-16-24(33)27-21-15-23(38-4)22(32(34)35)13-17(21)2/h6-8,13-15,18H,5,9-12,16H2,1-4H3,(H,27,33). The van der Waals surface area contributed by atoms with E-state index in [9.17, 15) is 23.3 Å². The highest BCUT2D eigenvalue weighted by atomic mass is 32.2. The fraction of sp³-hybridized carbons (Fsp3) is 0.423. The maximum Gasteiger partial charge on any atom is 0.311 e. The van der Waals surface area contributed by atoms with Gasteiger partial charge in [0.1, 0.15) is 0 Å². The lowest BCUT2D eigenvalue weighted by molar-refractivity contribution is -0.385. The van der Waals surface area contributed by atoms with Gasteiger partial charge in [-0.15, -0.1) is 10.2 Å². The molecular weight excluding hydrogens is 572 g/mol. The third kappa shape index (κ3) is 6.69. The molecule has 3 aromatic rings. The Kier molecular flexibility index (Phi) is 9.63. The van der Waals surface area contributed by atoms with E-state index >= 15 is 0 Å². The van der Waals surface area contributed by atoms with Gasteiger partial charge < -0.3 is 14.8 Å². The van der Waals surface area contributed by atoms with Gasteiger partial charge in [0.05, 0.1) is 35.9 Å². The van der Waals surface area contributed by atoms with Crippen LogP contribution < -0.4 is 10.1 Å². The second-order valence-electron chi connectivity index (χ2n) is 9.41. The summed E-state index contributed by atoms with van der Waals surface area (Å²) < 4.78 is 40.2. The minimum atomic E-state index is -3.70. The summed E-state index contributed by atoms with van der Waals surface area (Å²) in [6.45, 7) is 6.97. The molecule has 2 aromatic carbocycles. The molecule has 0 saturated carbocycles. The lowest BCUT2D eigenvalue weighted by Gasteiger charge is -2.26. The summed E-state index contributed by atoms with van der Waals surface area (Å²) in [5.74, 6) is 0.200. The van der Waals surface area contributed by atoms with Gasteiger partial charge in [-0.2, -0.15) is 4.31 Å². The predicted octanol–water partition coefficient (Wildman–Crippen LogP) is 3.89. The van der Waals surface area contributed by atoms with Crippen molar-refractivity contribution in [3.8, 4) is 17.1 Å². The van der Waals surface area contributed by atoms with Gasteiger partial charge in [-0.25, -0.2) is 8.42 Å². The van der Waals surface area contributed by atoms with Crippen molar-refractivity contribution in [2.45, 2.75) is 43.3 Å². The van der Waals surface area contributed by atoms with Crippen molar-refractivity contribution in [1.82, 2.24) is 19.1 Å². The molecule has 1 atom stereocenters. The smallest absolute Gasteiger partial charge is 0.311 e. The van der Waals surface area contributed by atoms with E-state index < -0.39 is 14.9 Å². The summed E-state index contributed by atoms with van der Waals surface area (Å²) in [7, 11) is -2.37. The number of nitrogens with one attached hydrogen (secondary N) is 1. The number of nitrogens with zero attached hydrogens (tertiary/aromatic N) is 5. The molecular formula is C26H32N6O7S2. The fourth-order valence-electron chi connectivity index (χ4n) is 4.31. The molecule has 15 heteroatoms. The summed E-state index contributed by atoms with van der Waals surface area (Å²) in [5, 5.41) is 23.2. The van der Waals surface area contributed by atoms with Crippen LogP contribution in [0.3, 0.4) is 0 Å². The normalized spacial score (nSPS) is 14.9. The monoisotopic (exact) mass is 604 g/mol. The fourth-order valence-corrected chi connectivity index (χ4v) is 6.60. The number of benzene rings is 2. The highest BCUT2D eigenvalue weighted by Gasteiger charge is 2.28. The van der Waals surface area contributed by atoms with E-state index in [0.29, 0.717) is 54.1 Å². The Labute approximate surface area is 242 Å². The Morgan fingerprint density at radius 3 is 2.63 bits per heavy atom. The highest BCUT2D eigenvalue weighted by Crippen LogP contribution is 2.34. The number of amides is 1. The number of carbonyl (C=O) groups excluding carboxylic acids is 1. The van der Waals surface area contributed by atoms with Crippen LogP contribution in [0.4, 0.5) is 11.4 Å². The molecule has 220 valence electrons. The molecule has 0 aliphatic carbocycles. The maximum absolute atomic E-state index is 13.2. The Morgan fingerprint density at radius 2 is 1.98 bits per heavy atom. The molecule has 13 nitrogen and oxygen atoms in total. The lowest BCUT2D eigenvalue weighted by atomic mass is 10.1. The van der Waals surface area contributed by atoms with Crippen molar-refractivity contribution in [3.63, 3.8) is 0 Å². The number of nitro groups is 1. The Balaban J connectivity index is 1.55. The molecule has 0 bridgehead atoms. The first-order valence-electron chi connectivity index (χ1n) is 13.0. The number of carbonyl (C=O) groups is 1. The molecule has 4 rings (SSSR count). The lowest BCUT2D eigenvalue weighted by Crippen LogP contribution is -2.40. The Bertz CT molecular complexity index is 1540. The molecule has 0 spiro atoms. The molecule has 2 heterocycles. The van der Waals surface area contributed by atoms with Crippen LogP contribution in [0, 0.1) is 17.0 Å². The SMILES string of the molecule is CCC(C)n1c(SCC(=O)Nc2cc(OC)c([N+](=O)[O-])cc2C)nnc1-c1cccc(S(=O)(=O)N2CCOCC2)c1. The molecule has 1 unspecified atom stereocenters. The number of rotatable bonds is 11. The molecule has 1 aliphatic rings. The minimum Gasteiger partial charge on any atom is -0.490 e. The summed E-state index contributed by atoms with van der Waals surface area (Å²) >= 11 is 1.19. The number of anilines is 1. The van der Waals surface area contributed by atoms with Gasteiger partial charge in [0.2, 0.25) is 15.9 Å². The molecule has 1 aliphatic heterocycles. The predicted molar refractivity (Wildman–Crippen MR) is 154 cm³/mol. The zero-order valence-electron chi connectivity index (χ0n) is 23.2. The quantitative estimate of drug-likeness (QED) is 0.193. The van der Waals surface area contributed by atoms with Crippen molar-refractivity contribution in [2.75, 3.05) is 44.5 Å². The molecule has 41 heavy (non-hydrogen) atoms. The first-order valence-corrected chi connectivity index (χ1v) is 15.4. The van der Waals surface area contributed by atoms with Crippen LogP contribution in [0.1, 0.15) is 31.9 Å². The maximum atomic E-state index is 13.2. The van der Waals surface area contributed by atoms with Crippen LogP contribution in [0.2, 0.25) is 0 Å². The van der Waals surface area contributed by atoms with Crippen molar-refractivity contribution in [3.05, 3.63) is 52.1 Å². The number of methoxy groups -OCH3 is 1. The second-order valence-corrected chi connectivity index (χ2v) is 12.3. The average molecular weight is 605 g/mol. The van der Waals surface area contributed by atoms with Crippen molar-refractivity contribution in [1.29, 1.82) is 0 Å². The van der Waals surface area contributed by atoms with E-state index in [4.69, 9.17) is 9.47 Å². The largest absolute Gasteiger partial charge is 0.490 e. The number of aromatic nitrogens is 3. The van der Waals surface area contributed by atoms with Crippen molar-refractivity contribution >= 4 is 39.1 Å². The van der Waals surface area contributed by atoms with Gasteiger partial charge in [0.25, 0.3) is 0 Å². The molecule has 1 amide bonds. The zero-order valence-corrected chi connectivity index (χ0v) is 24.8. The van der Waals surface area contributed by atoms with Gasteiger partial charge in [-0.05, 0) is 38.0 Å². The number of morpholine rings is 1. The highest BCUT2D eigenvalue weighted by molar-refractivity contribution is 7.99. The number of hydrogen-bond donors (Lipinski definition) is 1. The van der Waals surface area contributed by atoms with Gasteiger partial charge in [0.15, 0.2) is 16.7 Å². The van der Waals surface area contributed by atoms with E-state index in [0.717, 1.165) is 6.42 Å². The van der Waals surface area contributed by atoms with E-state index in [1.807, 2.05) is 18.4 Å². The first kappa shape index (κ1) is 30.4. The van der Waals surface area contributed by atoms with Crippen LogP contribution in [0.25, 0.3) is 11.4 Å². The van der Waals surface area contributed by atoms with Gasteiger partial charge in [0, 0.05) is 42.5 Å². The number of hydrogen-bond acceptors (Lipinski definition) is 10. The average Bonchev–Trinajstić information content (AvgIpc) is 3.41.